The molecule has 172 valence electrons. The van der Waals surface area contributed by atoms with Gasteiger partial charge in [-0.2, -0.15) is 0 Å². The first-order chi connectivity index (χ1) is 15.1. The summed E-state index contributed by atoms with van der Waals surface area (Å²) in [6.07, 6.45) is 1.25. The van der Waals surface area contributed by atoms with Crippen molar-refractivity contribution in [1.82, 2.24) is 4.90 Å². The minimum Gasteiger partial charge on any atom is -0.367 e. The highest BCUT2D eigenvalue weighted by Crippen LogP contribution is 2.31. The summed E-state index contributed by atoms with van der Waals surface area (Å²) in [5.74, 6) is -12.6. The zero-order valence-corrected chi connectivity index (χ0v) is 17.7. The van der Waals surface area contributed by atoms with Crippen LogP contribution >= 0.6 is 11.6 Å². The van der Waals surface area contributed by atoms with Crippen LogP contribution in [0.3, 0.4) is 0 Å². The van der Waals surface area contributed by atoms with E-state index in [2.05, 4.69) is 5.32 Å². The largest absolute Gasteiger partial charge is 0.367 e. The molecule has 0 aromatic heterocycles. The van der Waals surface area contributed by atoms with Gasteiger partial charge in [-0.15, -0.1) is 0 Å². The number of amides is 2. The summed E-state index contributed by atoms with van der Waals surface area (Å²) < 4.78 is 67.5. The van der Waals surface area contributed by atoms with Crippen LogP contribution in [0.2, 0.25) is 5.02 Å². The average molecular weight is 476 g/mol. The number of nitrogens with one attached hydrogen (secondary N) is 1. The monoisotopic (exact) mass is 475 g/mol. The zero-order chi connectivity index (χ0) is 23.6. The molecule has 1 N–H and O–H groups in total. The molecule has 1 saturated heterocycles. The molecule has 2 aromatic rings. The second kappa shape index (κ2) is 9.72. The molecule has 0 spiro atoms. The van der Waals surface area contributed by atoms with Crippen molar-refractivity contribution in [2.45, 2.75) is 19.8 Å². The second-order valence-corrected chi connectivity index (χ2v) is 7.59. The molecule has 32 heavy (non-hydrogen) atoms. The van der Waals surface area contributed by atoms with E-state index in [4.69, 9.17) is 11.6 Å². The lowest BCUT2D eigenvalue weighted by Crippen LogP contribution is -2.48. The van der Waals surface area contributed by atoms with Crippen molar-refractivity contribution in [3.63, 3.8) is 0 Å². The Morgan fingerprint density at radius 2 is 1.50 bits per heavy atom. The number of hydrogen-bond acceptors (Lipinski definition) is 3. The van der Waals surface area contributed by atoms with E-state index in [1.807, 2.05) is 11.8 Å². The van der Waals surface area contributed by atoms with Gasteiger partial charge < -0.3 is 15.1 Å². The standard InChI is InChI=1S/C21H19ClF5N3O2/c1-2-3-14(31)30-8-6-29(7-9-30)13-5-4-11(10-12(13)22)28-21(32)15-16(23)18(25)20(27)19(26)17(15)24/h4-5,10H,2-3,6-9H2,1H3,(H,28,32). The SMILES string of the molecule is CCCC(=O)N1CCN(c2ccc(NC(=O)c3c(F)c(F)c(F)c(F)c3F)cc2Cl)CC1. The molecule has 2 aromatic carbocycles. The molecule has 0 radical (unpaired) electrons. The van der Waals surface area contributed by atoms with Crippen LogP contribution in [0.1, 0.15) is 30.1 Å². The Hall–Kier alpha value is -2.88. The lowest BCUT2D eigenvalue weighted by Gasteiger charge is -2.36. The third kappa shape index (κ3) is 4.64. The molecule has 0 saturated carbocycles. The summed E-state index contributed by atoms with van der Waals surface area (Å²) in [5, 5.41) is 2.29. The Bertz CT molecular complexity index is 1030. The number of rotatable bonds is 5. The van der Waals surface area contributed by atoms with Gasteiger partial charge in [-0.3, -0.25) is 9.59 Å². The highest BCUT2D eigenvalue weighted by molar-refractivity contribution is 6.33. The summed E-state index contributed by atoms with van der Waals surface area (Å²) >= 11 is 6.28. The summed E-state index contributed by atoms with van der Waals surface area (Å²) in [4.78, 5) is 27.9. The van der Waals surface area contributed by atoms with Crippen LogP contribution < -0.4 is 10.2 Å². The lowest BCUT2D eigenvalue weighted by atomic mass is 10.1. The predicted molar refractivity (Wildman–Crippen MR) is 109 cm³/mol. The van der Waals surface area contributed by atoms with Crippen LogP contribution in [-0.4, -0.2) is 42.9 Å². The minimum absolute atomic E-state index is 0.00412. The molecule has 1 aliphatic rings. The third-order valence-corrected chi connectivity index (χ3v) is 5.38. The number of anilines is 2. The Morgan fingerprint density at radius 1 is 0.938 bits per heavy atom. The van der Waals surface area contributed by atoms with Crippen LogP contribution in [0.5, 0.6) is 0 Å². The van der Waals surface area contributed by atoms with E-state index in [9.17, 15) is 31.5 Å². The number of carbonyl (C=O) groups is 2. The van der Waals surface area contributed by atoms with Gasteiger partial charge in [0.05, 0.1) is 10.7 Å². The molecule has 1 aliphatic heterocycles. The number of hydrogen-bond donors (Lipinski definition) is 1. The summed E-state index contributed by atoms with van der Waals surface area (Å²) in [5.41, 5.74) is -0.970. The number of benzene rings is 2. The van der Waals surface area contributed by atoms with Gasteiger partial charge in [-0.05, 0) is 24.6 Å². The Balaban J connectivity index is 1.73. The average Bonchev–Trinajstić information content (AvgIpc) is 2.77. The second-order valence-electron chi connectivity index (χ2n) is 7.18. The van der Waals surface area contributed by atoms with Crippen molar-refractivity contribution in [1.29, 1.82) is 0 Å². The molecule has 0 unspecified atom stereocenters. The number of nitrogens with zero attached hydrogens (tertiary/aromatic N) is 2. The maximum Gasteiger partial charge on any atom is 0.261 e. The first kappa shape index (κ1) is 23.8. The first-order valence-corrected chi connectivity index (χ1v) is 10.2. The van der Waals surface area contributed by atoms with E-state index in [0.29, 0.717) is 38.3 Å². The normalized spacial score (nSPS) is 14.0. The quantitative estimate of drug-likeness (QED) is 0.386. The predicted octanol–water partition coefficient (Wildman–Crippen LogP) is 4.74. The molecule has 1 heterocycles. The van der Waals surface area contributed by atoms with E-state index in [0.717, 1.165) is 6.42 Å². The Morgan fingerprint density at radius 3 is 2.03 bits per heavy atom. The third-order valence-electron chi connectivity index (χ3n) is 5.08. The van der Waals surface area contributed by atoms with Crippen LogP contribution in [0.15, 0.2) is 18.2 Å². The molecule has 5 nitrogen and oxygen atoms in total. The van der Waals surface area contributed by atoms with Gasteiger partial charge in [-0.1, -0.05) is 18.5 Å². The van der Waals surface area contributed by atoms with Crippen molar-refractivity contribution in [2.24, 2.45) is 0 Å². The fourth-order valence-electron chi connectivity index (χ4n) is 3.41. The number of halogens is 6. The van der Waals surface area contributed by atoms with Crippen LogP contribution in [0.4, 0.5) is 33.3 Å². The van der Waals surface area contributed by atoms with Gasteiger partial charge in [0.15, 0.2) is 23.3 Å². The number of carbonyl (C=O) groups excluding carboxylic acids is 2. The first-order valence-electron chi connectivity index (χ1n) is 9.80. The van der Waals surface area contributed by atoms with Gasteiger partial charge >= 0.3 is 0 Å². The summed E-state index contributed by atoms with van der Waals surface area (Å²) in [7, 11) is 0. The van der Waals surface area contributed by atoms with Gasteiger partial charge in [0.2, 0.25) is 11.7 Å². The minimum atomic E-state index is -2.35. The van der Waals surface area contributed by atoms with Gasteiger partial charge in [0, 0.05) is 38.3 Å². The molecule has 3 rings (SSSR count). The molecular formula is C21H19ClF5N3O2. The van der Waals surface area contributed by atoms with Gasteiger partial charge in [0.1, 0.15) is 5.56 Å². The molecule has 2 amide bonds. The van der Waals surface area contributed by atoms with Crippen molar-refractivity contribution in [3.05, 3.63) is 57.9 Å². The fraction of sp³-hybridized carbons (Fsp3) is 0.333. The van der Waals surface area contributed by atoms with Crippen LogP contribution in [-0.2, 0) is 4.79 Å². The highest BCUT2D eigenvalue weighted by Gasteiger charge is 2.30. The van der Waals surface area contributed by atoms with Crippen molar-refractivity contribution in [2.75, 3.05) is 36.4 Å². The Labute approximate surface area is 185 Å². The fourth-order valence-corrected chi connectivity index (χ4v) is 3.71. The maximum atomic E-state index is 13.8. The van der Waals surface area contributed by atoms with E-state index >= 15 is 0 Å². The van der Waals surface area contributed by atoms with Crippen LogP contribution in [0.25, 0.3) is 0 Å². The smallest absolute Gasteiger partial charge is 0.261 e. The summed E-state index contributed by atoms with van der Waals surface area (Å²) in [6, 6.07) is 4.25. The molecule has 0 bridgehead atoms. The zero-order valence-electron chi connectivity index (χ0n) is 17.0. The molecule has 0 aliphatic carbocycles. The van der Waals surface area contributed by atoms with E-state index in [1.165, 1.54) is 12.1 Å². The summed E-state index contributed by atoms with van der Waals surface area (Å²) in [6.45, 7) is 4.04. The topological polar surface area (TPSA) is 52.7 Å². The van der Waals surface area contributed by atoms with Crippen molar-refractivity contribution < 1.29 is 31.5 Å². The number of piperazine rings is 1. The van der Waals surface area contributed by atoms with E-state index in [-0.39, 0.29) is 16.6 Å². The molecule has 11 heteroatoms. The highest BCUT2D eigenvalue weighted by atomic mass is 35.5. The van der Waals surface area contributed by atoms with Crippen LogP contribution in [0, 0.1) is 29.1 Å². The van der Waals surface area contributed by atoms with Gasteiger partial charge in [0.25, 0.3) is 5.91 Å². The van der Waals surface area contributed by atoms with Crippen molar-refractivity contribution >= 4 is 34.8 Å². The van der Waals surface area contributed by atoms with Gasteiger partial charge in [-0.25, -0.2) is 22.0 Å². The lowest BCUT2D eigenvalue weighted by molar-refractivity contribution is -0.131. The Kier molecular flexibility index (Phi) is 7.22. The molecule has 0 atom stereocenters. The molecular weight excluding hydrogens is 457 g/mol. The van der Waals surface area contributed by atoms with E-state index < -0.39 is 40.6 Å². The van der Waals surface area contributed by atoms with Crippen molar-refractivity contribution in [3.8, 4) is 0 Å². The van der Waals surface area contributed by atoms with E-state index in [1.54, 1.807) is 11.0 Å². The maximum absolute atomic E-state index is 13.8. The molecule has 1 fully saturated rings.